The summed E-state index contributed by atoms with van der Waals surface area (Å²) in [6.45, 7) is 1.88. The van der Waals surface area contributed by atoms with E-state index in [-0.39, 0.29) is 6.61 Å². The molecule has 2 rings (SSSR count). The van der Waals surface area contributed by atoms with Crippen LogP contribution in [0.4, 0.5) is 11.4 Å². The fourth-order valence-corrected chi connectivity index (χ4v) is 2.18. The van der Waals surface area contributed by atoms with Gasteiger partial charge in [0.05, 0.1) is 22.9 Å². The van der Waals surface area contributed by atoms with E-state index in [0.29, 0.717) is 10.7 Å². The molecule has 4 heteroatoms. The van der Waals surface area contributed by atoms with Crippen LogP contribution in [0.3, 0.4) is 0 Å². The average Bonchev–Trinajstić information content (AvgIpc) is 2.43. The molecule has 100 valence electrons. The van der Waals surface area contributed by atoms with E-state index in [2.05, 4.69) is 5.32 Å². The van der Waals surface area contributed by atoms with Gasteiger partial charge in [0.15, 0.2) is 0 Å². The molecule has 0 aliphatic rings. The first-order valence-electron chi connectivity index (χ1n) is 6.05. The maximum absolute atomic E-state index is 9.72. The smallest absolute Gasteiger partial charge is 0.0828 e. The second kappa shape index (κ2) is 5.51. The highest BCUT2D eigenvalue weighted by molar-refractivity contribution is 6.33. The summed E-state index contributed by atoms with van der Waals surface area (Å²) in [6, 6.07) is 15.0. The zero-order chi connectivity index (χ0) is 13.9. The molecular formula is C15H17ClN2O. The second-order valence-electron chi connectivity index (χ2n) is 4.72. The van der Waals surface area contributed by atoms with Gasteiger partial charge in [0.25, 0.3) is 0 Å². The molecule has 2 aromatic carbocycles. The Balaban J connectivity index is 2.33. The van der Waals surface area contributed by atoms with Crippen molar-refractivity contribution in [2.24, 2.45) is 0 Å². The van der Waals surface area contributed by atoms with Gasteiger partial charge < -0.3 is 16.2 Å². The molecular weight excluding hydrogens is 260 g/mol. The van der Waals surface area contributed by atoms with Gasteiger partial charge in [-0.3, -0.25) is 0 Å². The van der Waals surface area contributed by atoms with Crippen LogP contribution < -0.4 is 11.1 Å². The quantitative estimate of drug-likeness (QED) is 0.752. The average molecular weight is 277 g/mol. The number of halogens is 1. The van der Waals surface area contributed by atoms with Crippen molar-refractivity contribution in [3.8, 4) is 0 Å². The molecule has 0 radical (unpaired) electrons. The normalized spacial score (nSPS) is 13.8. The van der Waals surface area contributed by atoms with Gasteiger partial charge in [-0.2, -0.15) is 0 Å². The number of aliphatic hydroxyl groups is 1. The minimum absolute atomic E-state index is 0.0439. The standard InChI is InChI=1S/C15H17ClN2O/c1-15(10-19,11-5-3-2-4-6-11)18-14-8-7-12(17)9-13(14)16/h2-9,18-19H,10,17H2,1H3. The van der Waals surface area contributed by atoms with E-state index in [1.807, 2.05) is 43.3 Å². The van der Waals surface area contributed by atoms with Gasteiger partial charge >= 0.3 is 0 Å². The first-order chi connectivity index (χ1) is 9.05. The maximum Gasteiger partial charge on any atom is 0.0828 e. The van der Waals surface area contributed by atoms with Gasteiger partial charge in [0.2, 0.25) is 0 Å². The van der Waals surface area contributed by atoms with Crippen LogP contribution in [-0.2, 0) is 5.54 Å². The second-order valence-corrected chi connectivity index (χ2v) is 5.13. The number of rotatable bonds is 4. The first kappa shape index (κ1) is 13.7. The van der Waals surface area contributed by atoms with Crippen molar-refractivity contribution in [1.29, 1.82) is 0 Å². The Hall–Kier alpha value is -1.71. The highest BCUT2D eigenvalue weighted by Gasteiger charge is 2.26. The molecule has 0 fully saturated rings. The van der Waals surface area contributed by atoms with Crippen molar-refractivity contribution in [1.82, 2.24) is 0 Å². The van der Waals surface area contributed by atoms with Crippen molar-refractivity contribution in [3.05, 3.63) is 59.1 Å². The number of aliphatic hydroxyl groups excluding tert-OH is 1. The van der Waals surface area contributed by atoms with Crippen LogP contribution in [0.25, 0.3) is 0 Å². The number of nitrogens with one attached hydrogen (secondary N) is 1. The lowest BCUT2D eigenvalue weighted by molar-refractivity contribution is 0.224. The van der Waals surface area contributed by atoms with Crippen LogP contribution >= 0.6 is 11.6 Å². The third-order valence-corrected chi connectivity index (χ3v) is 3.44. The molecule has 3 nitrogen and oxygen atoms in total. The highest BCUT2D eigenvalue weighted by atomic mass is 35.5. The van der Waals surface area contributed by atoms with E-state index in [1.165, 1.54) is 0 Å². The van der Waals surface area contributed by atoms with E-state index in [9.17, 15) is 5.11 Å². The number of hydrogen-bond acceptors (Lipinski definition) is 3. The lowest BCUT2D eigenvalue weighted by atomic mass is 9.92. The summed E-state index contributed by atoms with van der Waals surface area (Å²) in [5.41, 5.74) is 7.43. The van der Waals surface area contributed by atoms with Gasteiger partial charge in [-0.05, 0) is 30.7 Å². The lowest BCUT2D eigenvalue weighted by Crippen LogP contribution is -2.35. The number of hydrogen-bond donors (Lipinski definition) is 3. The van der Waals surface area contributed by atoms with Gasteiger partial charge in [0, 0.05) is 5.69 Å². The summed E-state index contributed by atoms with van der Waals surface area (Å²) in [5, 5.41) is 13.5. The molecule has 0 saturated heterocycles. The van der Waals surface area contributed by atoms with E-state index in [4.69, 9.17) is 17.3 Å². The summed E-state index contributed by atoms with van der Waals surface area (Å²) in [5.74, 6) is 0. The van der Waals surface area contributed by atoms with Crippen molar-refractivity contribution in [3.63, 3.8) is 0 Å². The lowest BCUT2D eigenvalue weighted by Gasteiger charge is -2.31. The Morgan fingerprint density at radius 3 is 2.47 bits per heavy atom. The highest BCUT2D eigenvalue weighted by Crippen LogP contribution is 2.31. The molecule has 0 aliphatic heterocycles. The molecule has 1 unspecified atom stereocenters. The summed E-state index contributed by atoms with van der Waals surface area (Å²) in [7, 11) is 0. The molecule has 0 aliphatic carbocycles. The summed E-state index contributed by atoms with van der Waals surface area (Å²) >= 11 is 6.16. The Labute approximate surface area is 118 Å². The molecule has 0 amide bonds. The van der Waals surface area contributed by atoms with E-state index < -0.39 is 5.54 Å². The molecule has 0 aromatic heterocycles. The third-order valence-electron chi connectivity index (χ3n) is 3.13. The van der Waals surface area contributed by atoms with Crippen molar-refractivity contribution < 1.29 is 5.11 Å². The topological polar surface area (TPSA) is 58.3 Å². The van der Waals surface area contributed by atoms with Crippen LogP contribution in [-0.4, -0.2) is 11.7 Å². The molecule has 0 heterocycles. The number of nitrogen functional groups attached to an aromatic ring is 1. The summed E-state index contributed by atoms with van der Waals surface area (Å²) in [4.78, 5) is 0. The SMILES string of the molecule is CC(CO)(Nc1ccc(N)cc1Cl)c1ccccc1. The van der Waals surface area contributed by atoms with Crippen LogP contribution in [0.1, 0.15) is 12.5 Å². The number of anilines is 2. The fraction of sp³-hybridized carbons (Fsp3) is 0.200. The zero-order valence-electron chi connectivity index (χ0n) is 10.7. The predicted octanol–water partition coefficient (Wildman–Crippen LogP) is 3.24. The van der Waals surface area contributed by atoms with Crippen molar-refractivity contribution in [2.75, 3.05) is 17.7 Å². The van der Waals surface area contributed by atoms with E-state index in [1.54, 1.807) is 12.1 Å². The largest absolute Gasteiger partial charge is 0.399 e. The van der Waals surface area contributed by atoms with Crippen LogP contribution in [0.5, 0.6) is 0 Å². The number of benzene rings is 2. The van der Waals surface area contributed by atoms with Gasteiger partial charge in [-0.1, -0.05) is 41.9 Å². The van der Waals surface area contributed by atoms with Crippen molar-refractivity contribution >= 4 is 23.0 Å². The number of nitrogens with two attached hydrogens (primary N) is 1. The molecule has 0 spiro atoms. The Morgan fingerprint density at radius 1 is 1.21 bits per heavy atom. The molecule has 4 N–H and O–H groups in total. The van der Waals surface area contributed by atoms with E-state index >= 15 is 0 Å². The fourth-order valence-electron chi connectivity index (χ4n) is 1.94. The summed E-state index contributed by atoms with van der Waals surface area (Å²) in [6.07, 6.45) is 0. The molecule has 2 aromatic rings. The van der Waals surface area contributed by atoms with Crippen LogP contribution in [0, 0.1) is 0 Å². The van der Waals surface area contributed by atoms with Crippen LogP contribution in [0.15, 0.2) is 48.5 Å². The predicted molar refractivity (Wildman–Crippen MR) is 80.4 cm³/mol. The monoisotopic (exact) mass is 276 g/mol. The van der Waals surface area contributed by atoms with Gasteiger partial charge in [-0.15, -0.1) is 0 Å². The molecule has 0 bridgehead atoms. The van der Waals surface area contributed by atoms with Crippen molar-refractivity contribution in [2.45, 2.75) is 12.5 Å². The Bertz CT molecular complexity index is 559. The van der Waals surface area contributed by atoms with Gasteiger partial charge in [-0.25, -0.2) is 0 Å². The third kappa shape index (κ3) is 3.00. The summed E-state index contributed by atoms with van der Waals surface area (Å²) < 4.78 is 0. The van der Waals surface area contributed by atoms with Crippen LogP contribution in [0.2, 0.25) is 5.02 Å². The Kier molecular flexibility index (Phi) is 3.98. The first-order valence-corrected chi connectivity index (χ1v) is 6.42. The Morgan fingerprint density at radius 2 is 1.89 bits per heavy atom. The minimum atomic E-state index is -0.596. The maximum atomic E-state index is 9.72. The van der Waals surface area contributed by atoms with E-state index in [0.717, 1.165) is 11.3 Å². The zero-order valence-corrected chi connectivity index (χ0v) is 11.5. The molecule has 19 heavy (non-hydrogen) atoms. The minimum Gasteiger partial charge on any atom is -0.399 e. The van der Waals surface area contributed by atoms with Gasteiger partial charge in [0.1, 0.15) is 0 Å². The molecule has 0 saturated carbocycles. The molecule has 1 atom stereocenters.